The molecule has 1 amide bonds. The van der Waals surface area contributed by atoms with Gasteiger partial charge in [0.05, 0.1) is 5.56 Å². The minimum atomic E-state index is -4.47. The van der Waals surface area contributed by atoms with Crippen molar-refractivity contribution in [3.05, 3.63) is 31.8 Å². The minimum Gasteiger partial charge on any atom is -0.267 e. The zero-order valence-corrected chi connectivity index (χ0v) is 11.9. The highest BCUT2D eigenvalue weighted by atomic mass is 127. The van der Waals surface area contributed by atoms with Crippen LogP contribution in [0, 0.1) is 3.57 Å². The van der Waals surface area contributed by atoms with Gasteiger partial charge in [0.2, 0.25) is 0 Å². The molecule has 0 atom stereocenters. The molecule has 0 saturated heterocycles. The van der Waals surface area contributed by atoms with E-state index in [0.29, 0.717) is 8.04 Å². The molecule has 1 N–H and O–H groups in total. The van der Waals surface area contributed by atoms with Gasteiger partial charge in [-0.3, -0.25) is 9.63 Å². The molecule has 8 heteroatoms. The molecule has 0 aromatic heterocycles. The molecule has 0 aliphatic carbocycles. The maximum absolute atomic E-state index is 11.8. The molecule has 0 aliphatic heterocycles. The molecular formula is C9H6BrF3INO2. The van der Waals surface area contributed by atoms with Crippen LogP contribution >= 0.6 is 38.5 Å². The van der Waals surface area contributed by atoms with Crippen LogP contribution in [0.25, 0.3) is 0 Å². The average molecular weight is 424 g/mol. The van der Waals surface area contributed by atoms with Crippen molar-refractivity contribution < 1.29 is 22.8 Å². The molecule has 17 heavy (non-hydrogen) atoms. The van der Waals surface area contributed by atoms with E-state index in [2.05, 4.69) is 20.8 Å². The van der Waals surface area contributed by atoms with Crippen molar-refractivity contribution in [2.24, 2.45) is 0 Å². The van der Waals surface area contributed by atoms with Crippen LogP contribution in [-0.2, 0) is 4.84 Å². The summed E-state index contributed by atoms with van der Waals surface area (Å²) in [5, 5.41) is 0. The molecule has 0 fully saturated rings. The fourth-order valence-electron chi connectivity index (χ4n) is 0.910. The van der Waals surface area contributed by atoms with Gasteiger partial charge >= 0.3 is 6.18 Å². The van der Waals surface area contributed by atoms with E-state index in [-0.39, 0.29) is 5.56 Å². The minimum absolute atomic E-state index is 0.238. The van der Waals surface area contributed by atoms with Crippen molar-refractivity contribution in [1.29, 1.82) is 0 Å². The number of nitrogens with one attached hydrogen (secondary N) is 1. The first-order valence-electron chi connectivity index (χ1n) is 4.23. The number of carbonyl (C=O) groups is 1. The van der Waals surface area contributed by atoms with Gasteiger partial charge in [0.1, 0.15) is 0 Å². The van der Waals surface area contributed by atoms with Crippen molar-refractivity contribution in [2.75, 3.05) is 6.61 Å². The summed E-state index contributed by atoms with van der Waals surface area (Å²) in [6.45, 7) is -1.52. The van der Waals surface area contributed by atoms with Crippen LogP contribution in [0.15, 0.2) is 22.7 Å². The van der Waals surface area contributed by atoms with Gasteiger partial charge in [-0.25, -0.2) is 5.48 Å². The topological polar surface area (TPSA) is 38.3 Å². The number of rotatable bonds is 3. The van der Waals surface area contributed by atoms with Gasteiger partial charge < -0.3 is 0 Å². The van der Waals surface area contributed by atoms with Crippen molar-refractivity contribution in [1.82, 2.24) is 5.48 Å². The lowest BCUT2D eigenvalue weighted by Crippen LogP contribution is -2.30. The van der Waals surface area contributed by atoms with Gasteiger partial charge in [-0.2, -0.15) is 13.2 Å². The Kier molecular flexibility index (Phi) is 5.20. The van der Waals surface area contributed by atoms with E-state index >= 15 is 0 Å². The summed E-state index contributed by atoms with van der Waals surface area (Å²) in [4.78, 5) is 15.5. The zero-order valence-electron chi connectivity index (χ0n) is 8.15. The van der Waals surface area contributed by atoms with Crippen LogP contribution in [0.3, 0.4) is 0 Å². The quantitative estimate of drug-likeness (QED) is 0.598. The summed E-state index contributed by atoms with van der Waals surface area (Å²) in [5.74, 6) is -0.722. The number of halogens is 5. The van der Waals surface area contributed by atoms with Gasteiger partial charge in [-0.05, 0) is 40.8 Å². The number of benzene rings is 1. The molecule has 0 heterocycles. The Morgan fingerprint density at radius 3 is 2.71 bits per heavy atom. The molecular weight excluding hydrogens is 418 g/mol. The summed E-state index contributed by atoms with van der Waals surface area (Å²) in [5.41, 5.74) is 1.98. The Morgan fingerprint density at radius 2 is 2.12 bits per heavy atom. The highest BCUT2D eigenvalue weighted by molar-refractivity contribution is 14.1. The summed E-state index contributed by atoms with van der Waals surface area (Å²) >= 11 is 5.06. The molecule has 0 radical (unpaired) electrons. The highest BCUT2D eigenvalue weighted by Crippen LogP contribution is 2.18. The molecule has 0 saturated carbocycles. The Morgan fingerprint density at radius 1 is 1.47 bits per heavy atom. The number of amides is 1. The van der Waals surface area contributed by atoms with Crippen LogP contribution in [0.4, 0.5) is 13.2 Å². The molecule has 0 spiro atoms. The Hall–Kier alpha value is -0.350. The predicted molar refractivity (Wildman–Crippen MR) is 66.3 cm³/mol. The molecule has 1 aromatic carbocycles. The van der Waals surface area contributed by atoms with Crippen LogP contribution in [-0.4, -0.2) is 18.7 Å². The summed E-state index contributed by atoms with van der Waals surface area (Å²) < 4.78 is 36.6. The first-order valence-corrected chi connectivity index (χ1v) is 6.11. The van der Waals surface area contributed by atoms with E-state index in [4.69, 9.17) is 0 Å². The Labute approximate surface area is 117 Å². The first kappa shape index (κ1) is 14.7. The van der Waals surface area contributed by atoms with Crippen LogP contribution in [0.2, 0.25) is 0 Å². The number of hydrogen-bond acceptors (Lipinski definition) is 2. The summed E-state index contributed by atoms with van der Waals surface area (Å²) in [6.07, 6.45) is -4.47. The van der Waals surface area contributed by atoms with Gasteiger partial charge in [0.25, 0.3) is 5.91 Å². The van der Waals surface area contributed by atoms with E-state index in [1.807, 2.05) is 22.6 Å². The predicted octanol–water partition coefficient (Wildman–Crippen LogP) is 3.28. The SMILES string of the molecule is O=C(NOCC(F)(F)F)c1cc(Br)ccc1I. The van der Waals surface area contributed by atoms with Crippen molar-refractivity contribution in [3.63, 3.8) is 0 Å². The normalized spacial score (nSPS) is 11.4. The van der Waals surface area contributed by atoms with E-state index in [9.17, 15) is 18.0 Å². The second-order valence-corrected chi connectivity index (χ2v) is 5.04. The number of hydroxylamine groups is 1. The Bertz CT molecular complexity index is 425. The molecule has 3 nitrogen and oxygen atoms in total. The van der Waals surface area contributed by atoms with E-state index in [1.165, 1.54) is 6.07 Å². The fourth-order valence-corrected chi connectivity index (χ4v) is 1.85. The largest absolute Gasteiger partial charge is 0.414 e. The van der Waals surface area contributed by atoms with Crippen LogP contribution < -0.4 is 5.48 Å². The fraction of sp³-hybridized carbons (Fsp3) is 0.222. The zero-order chi connectivity index (χ0) is 13.1. The number of hydrogen-bond donors (Lipinski definition) is 1. The van der Waals surface area contributed by atoms with Crippen molar-refractivity contribution in [3.8, 4) is 0 Å². The van der Waals surface area contributed by atoms with Crippen molar-refractivity contribution >= 4 is 44.4 Å². The smallest absolute Gasteiger partial charge is 0.267 e. The average Bonchev–Trinajstić information content (AvgIpc) is 2.19. The second-order valence-electron chi connectivity index (χ2n) is 2.96. The molecule has 0 bridgehead atoms. The monoisotopic (exact) mass is 423 g/mol. The lowest BCUT2D eigenvalue weighted by Gasteiger charge is -2.09. The first-order chi connectivity index (χ1) is 7.79. The maximum Gasteiger partial charge on any atom is 0.414 e. The van der Waals surface area contributed by atoms with Gasteiger partial charge in [-0.1, -0.05) is 15.9 Å². The lowest BCUT2D eigenvalue weighted by molar-refractivity contribution is -0.184. The van der Waals surface area contributed by atoms with Crippen LogP contribution in [0.5, 0.6) is 0 Å². The third-order valence-corrected chi connectivity index (χ3v) is 3.01. The molecule has 0 unspecified atom stereocenters. The number of alkyl halides is 3. The van der Waals surface area contributed by atoms with Crippen molar-refractivity contribution in [2.45, 2.75) is 6.18 Å². The highest BCUT2D eigenvalue weighted by Gasteiger charge is 2.28. The Balaban J connectivity index is 2.61. The van der Waals surface area contributed by atoms with Crippen LogP contribution in [0.1, 0.15) is 10.4 Å². The standard InChI is InChI=1S/C9H6BrF3INO2/c10-5-1-2-7(14)6(3-5)8(16)15-17-4-9(11,12)13/h1-3H,4H2,(H,15,16). The van der Waals surface area contributed by atoms with Gasteiger partial charge in [-0.15, -0.1) is 0 Å². The van der Waals surface area contributed by atoms with E-state index < -0.39 is 18.7 Å². The maximum atomic E-state index is 11.8. The third-order valence-electron chi connectivity index (χ3n) is 1.57. The number of carbonyl (C=O) groups excluding carboxylic acids is 1. The summed E-state index contributed by atoms with van der Waals surface area (Å²) in [6, 6.07) is 4.87. The molecule has 1 aromatic rings. The van der Waals surface area contributed by atoms with Gasteiger partial charge in [0.15, 0.2) is 6.61 Å². The van der Waals surface area contributed by atoms with Gasteiger partial charge in [0, 0.05) is 8.04 Å². The molecule has 94 valence electrons. The lowest BCUT2D eigenvalue weighted by atomic mass is 10.2. The third kappa shape index (κ3) is 5.21. The van der Waals surface area contributed by atoms with E-state index in [0.717, 1.165) is 0 Å². The second kappa shape index (κ2) is 6.01. The van der Waals surface area contributed by atoms with E-state index in [1.54, 1.807) is 17.6 Å². The molecule has 0 aliphatic rings. The summed E-state index contributed by atoms with van der Waals surface area (Å²) in [7, 11) is 0. The molecule has 1 rings (SSSR count).